The van der Waals surface area contributed by atoms with Crippen molar-refractivity contribution in [2.45, 2.75) is 32.2 Å². The highest BCUT2D eigenvalue weighted by atomic mass is 35.5. The molecule has 0 aromatic carbocycles. The van der Waals surface area contributed by atoms with E-state index in [4.69, 9.17) is 4.74 Å². The molecule has 1 aliphatic heterocycles. The van der Waals surface area contributed by atoms with Gasteiger partial charge < -0.3 is 15.4 Å². The van der Waals surface area contributed by atoms with Crippen molar-refractivity contribution in [2.75, 3.05) is 26.3 Å². The first-order valence-corrected chi connectivity index (χ1v) is 5.40. The number of carbonyl (C=O) groups excluding carboxylic acids is 1. The van der Waals surface area contributed by atoms with Crippen LogP contribution in [0.15, 0.2) is 0 Å². The maximum atomic E-state index is 11.4. The standard InChI is InChI=1S/C10H20N2O2.ClH/c1-2-14-7-3-4-10(13)12-9-5-6-11-8-9;/h9,11H,2-8H2,1H3,(H,12,13);1H. The Labute approximate surface area is 97.5 Å². The molecule has 1 saturated heterocycles. The van der Waals surface area contributed by atoms with Gasteiger partial charge in [-0.2, -0.15) is 0 Å². The van der Waals surface area contributed by atoms with Crippen LogP contribution in [-0.2, 0) is 9.53 Å². The van der Waals surface area contributed by atoms with Gasteiger partial charge in [0.25, 0.3) is 0 Å². The third-order valence-corrected chi connectivity index (χ3v) is 2.32. The van der Waals surface area contributed by atoms with Crippen molar-refractivity contribution in [1.29, 1.82) is 0 Å². The Morgan fingerprint density at radius 2 is 2.40 bits per heavy atom. The summed E-state index contributed by atoms with van der Waals surface area (Å²) in [6.07, 6.45) is 2.45. The molecule has 90 valence electrons. The summed E-state index contributed by atoms with van der Waals surface area (Å²) in [4.78, 5) is 11.4. The third kappa shape index (κ3) is 6.71. The third-order valence-electron chi connectivity index (χ3n) is 2.32. The summed E-state index contributed by atoms with van der Waals surface area (Å²) in [6, 6.07) is 0.342. The van der Waals surface area contributed by atoms with E-state index in [1.54, 1.807) is 0 Å². The van der Waals surface area contributed by atoms with Crippen LogP contribution in [0.4, 0.5) is 0 Å². The van der Waals surface area contributed by atoms with Crippen molar-refractivity contribution in [3.8, 4) is 0 Å². The molecule has 0 aliphatic carbocycles. The summed E-state index contributed by atoms with van der Waals surface area (Å²) in [5, 5.41) is 6.21. The first-order valence-electron chi connectivity index (χ1n) is 5.40. The molecule has 1 heterocycles. The maximum Gasteiger partial charge on any atom is 0.220 e. The van der Waals surface area contributed by atoms with Gasteiger partial charge in [-0.05, 0) is 26.3 Å². The Morgan fingerprint density at radius 3 is 3.00 bits per heavy atom. The Hall–Kier alpha value is -0.320. The van der Waals surface area contributed by atoms with Crippen LogP contribution in [0.2, 0.25) is 0 Å². The fourth-order valence-electron chi connectivity index (χ4n) is 1.56. The average Bonchev–Trinajstić information content (AvgIpc) is 2.65. The fraction of sp³-hybridized carbons (Fsp3) is 0.900. The van der Waals surface area contributed by atoms with Crippen LogP contribution < -0.4 is 10.6 Å². The topological polar surface area (TPSA) is 50.4 Å². The Morgan fingerprint density at radius 1 is 1.60 bits per heavy atom. The van der Waals surface area contributed by atoms with Gasteiger partial charge in [0.1, 0.15) is 0 Å². The van der Waals surface area contributed by atoms with Crippen LogP contribution in [0.3, 0.4) is 0 Å². The van der Waals surface area contributed by atoms with E-state index in [0.29, 0.717) is 19.1 Å². The molecule has 0 saturated carbocycles. The van der Waals surface area contributed by atoms with Gasteiger partial charge in [-0.3, -0.25) is 4.79 Å². The smallest absolute Gasteiger partial charge is 0.220 e. The van der Waals surface area contributed by atoms with Gasteiger partial charge in [-0.15, -0.1) is 12.4 Å². The molecule has 1 fully saturated rings. The summed E-state index contributed by atoms with van der Waals surface area (Å²) >= 11 is 0. The lowest BCUT2D eigenvalue weighted by Gasteiger charge is -2.10. The Kier molecular flexibility index (Phi) is 8.76. The van der Waals surface area contributed by atoms with Crippen molar-refractivity contribution in [1.82, 2.24) is 10.6 Å². The monoisotopic (exact) mass is 236 g/mol. The van der Waals surface area contributed by atoms with Gasteiger partial charge in [-0.25, -0.2) is 0 Å². The van der Waals surface area contributed by atoms with Crippen LogP contribution in [0.5, 0.6) is 0 Å². The average molecular weight is 237 g/mol. The minimum absolute atomic E-state index is 0. The predicted octanol–water partition coefficient (Wildman–Crippen LogP) is 0.703. The molecule has 15 heavy (non-hydrogen) atoms. The highest BCUT2D eigenvalue weighted by Gasteiger charge is 2.15. The van der Waals surface area contributed by atoms with E-state index in [-0.39, 0.29) is 18.3 Å². The minimum Gasteiger partial charge on any atom is -0.382 e. The lowest BCUT2D eigenvalue weighted by molar-refractivity contribution is -0.122. The number of halogens is 1. The Bertz CT molecular complexity index is 173. The number of ether oxygens (including phenoxy) is 1. The van der Waals surface area contributed by atoms with Gasteiger partial charge in [0.15, 0.2) is 0 Å². The molecule has 4 nitrogen and oxygen atoms in total. The SMILES string of the molecule is CCOCCCC(=O)NC1CCNC1.Cl. The Balaban J connectivity index is 0.00000196. The first-order chi connectivity index (χ1) is 6.83. The van der Waals surface area contributed by atoms with Gasteiger partial charge >= 0.3 is 0 Å². The van der Waals surface area contributed by atoms with E-state index in [1.807, 2.05) is 6.92 Å². The van der Waals surface area contributed by atoms with Crippen molar-refractivity contribution >= 4 is 18.3 Å². The number of hydrogen-bond acceptors (Lipinski definition) is 3. The lowest BCUT2D eigenvalue weighted by Crippen LogP contribution is -2.36. The first kappa shape index (κ1) is 14.7. The van der Waals surface area contributed by atoms with Crippen molar-refractivity contribution in [3.63, 3.8) is 0 Å². The van der Waals surface area contributed by atoms with Crippen molar-refractivity contribution < 1.29 is 9.53 Å². The molecule has 0 bridgehead atoms. The maximum absolute atomic E-state index is 11.4. The zero-order valence-electron chi connectivity index (χ0n) is 9.25. The number of carbonyl (C=O) groups is 1. The molecule has 1 amide bonds. The molecule has 0 aromatic heterocycles. The summed E-state index contributed by atoms with van der Waals surface area (Å²) < 4.78 is 5.16. The van der Waals surface area contributed by atoms with E-state index in [0.717, 1.165) is 32.5 Å². The van der Waals surface area contributed by atoms with Gasteiger partial charge in [0.2, 0.25) is 5.91 Å². The van der Waals surface area contributed by atoms with E-state index < -0.39 is 0 Å². The second kappa shape index (κ2) is 8.95. The van der Waals surface area contributed by atoms with E-state index in [2.05, 4.69) is 10.6 Å². The van der Waals surface area contributed by atoms with E-state index in [9.17, 15) is 4.79 Å². The second-order valence-electron chi connectivity index (χ2n) is 3.56. The van der Waals surface area contributed by atoms with Crippen LogP contribution in [-0.4, -0.2) is 38.3 Å². The molecule has 1 atom stereocenters. The number of rotatable bonds is 6. The molecule has 0 spiro atoms. The van der Waals surface area contributed by atoms with Crippen molar-refractivity contribution in [3.05, 3.63) is 0 Å². The molecular formula is C10H21ClN2O2. The van der Waals surface area contributed by atoms with E-state index in [1.165, 1.54) is 0 Å². The summed E-state index contributed by atoms with van der Waals surface area (Å²) in [5.41, 5.74) is 0. The summed E-state index contributed by atoms with van der Waals surface area (Å²) in [7, 11) is 0. The van der Waals surface area contributed by atoms with E-state index >= 15 is 0 Å². The molecular weight excluding hydrogens is 216 g/mol. The van der Waals surface area contributed by atoms with Crippen LogP contribution in [0.25, 0.3) is 0 Å². The fourth-order valence-corrected chi connectivity index (χ4v) is 1.56. The minimum atomic E-state index is 0. The number of hydrogen-bond donors (Lipinski definition) is 2. The largest absolute Gasteiger partial charge is 0.382 e. The number of amides is 1. The van der Waals surface area contributed by atoms with Gasteiger partial charge in [0.05, 0.1) is 0 Å². The van der Waals surface area contributed by atoms with Crippen LogP contribution in [0.1, 0.15) is 26.2 Å². The summed E-state index contributed by atoms with van der Waals surface area (Å²) in [5.74, 6) is 0.151. The summed E-state index contributed by atoms with van der Waals surface area (Å²) in [6.45, 7) is 5.31. The molecule has 2 N–H and O–H groups in total. The predicted molar refractivity (Wildman–Crippen MR) is 62.4 cm³/mol. The molecule has 1 rings (SSSR count). The highest BCUT2D eigenvalue weighted by molar-refractivity contribution is 5.85. The molecule has 1 unspecified atom stereocenters. The van der Waals surface area contributed by atoms with Crippen molar-refractivity contribution in [2.24, 2.45) is 0 Å². The zero-order chi connectivity index (χ0) is 10.2. The highest BCUT2D eigenvalue weighted by Crippen LogP contribution is 1.98. The van der Waals surface area contributed by atoms with Gasteiger partial charge in [-0.1, -0.05) is 0 Å². The molecule has 1 aliphatic rings. The zero-order valence-corrected chi connectivity index (χ0v) is 10.1. The second-order valence-corrected chi connectivity index (χ2v) is 3.56. The van der Waals surface area contributed by atoms with Crippen LogP contribution >= 0.6 is 12.4 Å². The molecule has 5 heteroatoms. The lowest BCUT2D eigenvalue weighted by atomic mass is 10.2. The van der Waals surface area contributed by atoms with Gasteiger partial charge in [0, 0.05) is 32.2 Å². The molecule has 0 radical (unpaired) electrons. The molecule has 0 aromatic rings. The normalized spacial score (nSPS) is 19.7. The van der Waals surface area contributed by atoms with Crippen LogP contribution in [0, 0.1) is 0 Å². The number of nitrogens with one attached hydrogen (secondary N) is 2. The quantitative estimate of drug-likeness (QED) is 0.668.